The topological polar surface area (TPSA) is 29.5 Å². The largest absolute Gasteiger partial charge is 0.494 e. The number of hydrogen-bond donors (Lipinski definition) is 0. The van der Waals surface area contributed by atoms with Crippen molar-refractivity contribution in [3.8, 4) is 5.75 Å². The summed E-state index contributed by atoms with van der Waals surface area (Å²) in [5, 5.41) is 0. The molecule has 1 fully saturated rings. The summed E-state index contributed by atoms with van der Waals surface area (Å²) in [4.78, 5) is 12.9. The summed E-state index contributed by atoms with van der Waals surface area (Å²) in [6, 6.07) is 7.19. The number of benzene rings is 1. The zero-order valence-electron chi connectivity index (χ0n) is 12.1. The summed E-state index contributed by atoms with van der Waals surface area (Å²) in [6.07, 6.45) is 5.66. The van der Waals surface area contributed by atoms with E-state index in [1.165, 1.54) is 19.3 Å². The van der Waals surface area contributed by atoms with Crippen molar-refractivity contribution < 1.29 is 9.53 Å². The first-order chi connectivity index (χ1) is 10.3. The van der Waals surface area contributed by atoms with Gasteiger partial charge in [0.25, 0.3) is 0 Å². The van der Waals surface area contributed by atoms with Gasteiger partial charge in [0.05, 0.1) is 6.61 Å². The fourth-order valence-electron chi connectivity index (χ4n) is 2.22. The van der Waals surface area contributed by atoms with Crippen LogP contribution in [0.3, 0.4) is 0 Å². The number of thioether (sulfide) groups is 1. The van der Waals surface area contributed by atoms with Crippen LogP contribution in [0.25, 0.3) is 0 Å². The van der Waals surface area contributed by atoms with Gasteiger partial charge in [-0.1, -0.05) is 24.0 Å². The molecule has 1 aliphatic rings. The van der Waals surface area contributed by atoms with Gasteiger partial charge in [0.1, 0.15) is 16.4 Å². The standard InChI is InChI=1S/C16H21NO2S2/c18-13-14-5-7-15(8-6-14)19-11-4-12-21-16(20)17-9-2-1-3-10-17/h5-8,13H,1-4,9-12H2. The van der Waals surface area contributed by atoms with Crippen LogP contribution >= 0.6 is 24.0 Å². The van der Waals surface area contributed by atoms with Gasteiger partial charge in [-0.15, -0.1) is 0 Å². The molecule has 114 valence electrons. The zero-order chi connectivity index (χ0) is 14.9. The lowest BCUT2D eigenvalue weighted by atomic mass is 10.1. The van der Waals surface area contributed by atoms with Gasteiger partial charge in [-0.3, -0.25) is 4.79 Å². The van der Waals surface area contributed by atoms with E-state index in [2.05, 4.69) is 4.90 Å². The number of aldehydes is 1. The maximum absolute atomic E-state index is 10.6. The minimum Gasteiger partial charge on any atom is -0.494 e. The Morgan fingerprint density at radius 1 is 1.24 bits per heavy atom. The van der Waals surface area contributed by atoms with Gasteiger partial charge in [-0.25, -0.2) is 0 Å². The van der Waals surface area contributed by atoms with Crippen LogP contribution in [0.15, 0.2) is 24.3 Å². The van der Waals surface area contributed by atoms with Crippen LogP contribution in [0, 0.1) is 0 Å². The van der Waals surface area contributed by atoms with E-state index in [0.29, 0.717) is 12.2 Å². The third-order valence-corrected chi connectivity index (χ3v) is 5.02. The third-order valence-electron chi connectivity index (χ3n) is 3.41. The molecule has 1 aromatic rings. The van der Waals surface area contributed by atoms with E-state index in [-0.39, 0.29) is 0 Å². The van der Waals surface area contributed by atoms with Gasteiger partial charge in [0, 0.05) is 24.4 Å². The molecular formula is C16H21NO2S2. The molecule has 0 aromatic heterocycles. The smallest absolute Gasteiger partial charge is 0.150 e. The molecule has 0 unspecified atom stereocenters. The van der Waals surface area contributed by atoms with E-state index >= 15 is 0 Å². The molecule has 3 nitrogen and oxygen atoms in total. The molecule has 2 rings (SSSR count). The number of piperidine rings is 1. The molecule has 0 saturated carbocycles. The minimum atomic E-state index is 0.671. The SMILES string of the molecule is O=Cc1ccc(OCCCSC(=S)N2CCCCC2)cc1. The number of carbonyl (C=O) groups excluding carboxylic acids is 1. The van der Waals surface area contributed by atoms with Gasteiger partial charge in [-0.05, 0) is 49.9 Å². The van der Waals surface area contributed by atoms with E-state index in [0.717, 1.165) is 41.6 Å². The van der Waals surface area contributed by atoms with Crippen LogP contribution in [0.2, 0.25) is 0 Å². The van der Waals surface area contributed by atoms with Crippen LogP contribution in [-0.4, -0.2) is 41.0 Å². The van der Waals surface area contributed by atoms with Gasteiger partial charge < -0.3 is 9.64 Å². The summed E-state index contributed by atoms with van der Waals surface area (Å²) in [5.74, 6) is 1.80. The number of thiocarbonyl (C=S) groups is 1. The predicted molar refractivity (Wildman–Crippen MR) is 92.4 cm³/mol. The Morgan fingerprint density at radius 2 is 1.95 bits per heavy atom. The Morgan fingerprint density at radius 3 is 2.62 bits per heavy atom. The fourth-order valence-corrected chi connectivity index (χ4v) is 3.45. The molecule has 0 atom stereocenters. The Bertz CT molecular complexity index is 456. The van der Waals surface area contributed by atoms with Crippen LogP contribution < -0.4 is 4.74 Å². The number of likely N-dealkylation sites (tertiary alicyclic amines) is 1. The maximum Gasteiger partial charge on any atom is 0.150 e. The summed E-state index contributed by atoms with van der Waals surface area (Å²) < 4.78 is 6.68. The molecule has 0 radical (unpaired) electrons. The van der Waals surface area contributed by atoms with E-state index in [4.69, 9.17) is 17.0 Å². The summed E-state index contributed by atoms with van der Waals surface area (Å²) in [5.41, 5.74) is 0.671. The molecule has 21 heavy (non-hydrogen) atoms. The molecule has 1 aromatic carbocycles. The average Bonchev–Trinajstić information content (AvgIpc) is 2.55. The Labute approximate surface area is 136 Å². The van der Waals surface area contributed by atoms with Crippen LogP contribution in [0.1, 0.15) is 36.0 Å². The zero-order valence-corrected chi connectivity index (χ0v) is 13.8. The first kappa shape index (κ1) is 16.3. The summed E-state index contributed by atoms with van der Waals surface area (Å²) in [7, 11) is 0. The lowest BCUT2D eigenvalue weighted by Crippen LogP contribution is -2.32. The van der Waals surface area contributed by atoms with Crippen molar-refractivity contribution in [2.24, 2.45) is 0 Å². The lowest BCUT2D eigenvalue weighted by molar-refractivity contribution is 0.112. The van der Waals surface area contributed by atoms with Gasteiger partial charge in [0.2, 0.25) is 0 Å². The molecule has 0 N–H and O–H groups in total. The number of rotatable bonds is 6. The molecule has 1 saturated heterocycles. The van der Waals surface area contributed by atoms with Gasteiger partial charge in [0.15, 0.2) is 0 Å². The van der Waals surface area contributed by atoms with Gasteiger partial charge in [-0.2, -0.15) is 0 Å². The van der Waals surface area contributed by atoms with Crippen molar-refractivity contribution >= 4 is 34.6 Å². The lowest BCUT2D eigenvalue weighted by Gasteiger charge is -2.28. The van der Waals surface area contributed by atoms with Crippen molar-refractivity contribution in [3.05, 3.63) is 29.8 Å². The Hall–Kier alpha value is -1.07. The minimum absolute atomic E-state index is 0.671. The molecule has 0 spiro atoms. The van der Waals surface area contributed by atoms with E-state index in [1.54, 1.807) is 23.9 Å². The maximum atomic E-state index is 10.6. The second kappa shape index (κ2) is 9.05. The quantitative estimate of drug-likeness (QED) is 0.452. The highest BCUT2D eigenvalue weighted by Crippen LogP contribution is 2.17. The first-order valence-electron chi connectivity index (χ1n) is 7.39. The number of hydrogen-bond acceptors (Lipinski definition) is 4. The molecule has 1 heterocycles. The van der Waals surface area contributed by atoms with Crippen molar-refractivity contribution in [1.82, 2.24) is 4.90 Å². The summed E-state index contributed by atoms with van der Waals surface area (Å²) in [6.45, 7) is 2.91. The number of ether oxygens (including phenoxy) is 1. The molecule has 0 amide bonds. The Balaban J connectivity index is 1.58. The highest BCUT2D eigenvalue weighted by Gasteiger charge is 2.13. The van der Waals surface area contributed by atoms with E-state index in [1.807, 2.05) is 12.1 Å². The molecule has 1 aliphatic heterocycles. The first-order valence-corrected chi connectivity index (χ1v) is 8.79. The van der Waals surface area contributed by atoms with Crippen LogP contribution in [-0.2, 0) is 0 Å². The molecular weight excluding hydrogens is 302 g/mol. The predicted octanol–water partition coefficient (Wildman–Crippen LogP) is 3.77. The molecule has 0 aliphatic carbocycles. The van der Waals surface area contributed by atoms with Gasteiger partial charge >= 0.3 is 0 Å². The van der Waals surface area contributed by atoms with E-state index < -0.39 is 0 Å². The van der Waals surface area contributed by atoms with Crippen molar-refractivity contribution in [3.63, 3.8) is 0 Å². The van der Waals surface area contributed by atoms with Crippen LogP contribution in [0.4, 0.5) is 0 Å². The van der Waals surface area contributed by atoms with E-state index in [9.17, 15) is 4.79 Å². The van der Waals surface area contributed by atoms with Crippen molar-refractivity contribution in [2.75, 3.05) is 25.4 Å². The monoisotopic (exact) mass is 323 g/mol. The van der Waals surface area contributed by atoms with Crippen molar-refractivity contribution in [2.45, 2.75) is 25.7 Å². The molecule has 0 bridgehead atoms. The fraction of sp³-hybridized carbons (Fsp3) is 0.500. The van der Waals surface area contributed by atoms with Crippen LogP contribution in [0.5, 0.6) is 5.75 Å². The highest BCUT2D eigenvalue weighted by atomic mass is 32.2. The normalized spacial score (nSPS) is 14.8. The Kier molecular flexibility index (Phi) is 7.03. The number of nitrogens with zero attached hydrogens (tertiary/aromatic N) is 1. The second-order valence-corrected chi connectivity index (χ2v) is 6.78. The molecule has 5 heteroatoms. The second-order valence-electron chi connectivity index (χ2n) is 5.05. The highest BCUT2D eigenvalue weighted by molar-refractivity contribution is 8.22. The third kappa shape index (κ3) is 5.67. The number of carbonyl (C=O) groups is 1. The summed E-state index contributed by atoms with van der Waals surface area (Å²) >= 11 is 7.21. The average molecular weight is 323 g/mol. The van der Waals surface area contributed by atoms with Crippen molar-refractivity contribution in [1.29, 1.82) is 0 Å².